The summed E-state index contributed by atoms with van der Waals surface area (Å²) in [7, 11) is 0. The Morgan fingerprint density at radius 3 is 2.60 bits per heavy atom. The predicted octanol–water partition coefficient (Wildman–Crippen LogP) is 2.89. The van der Waals surface area contributed by atoms with Gasteiger partial charge in [-0.2, -0.15) is 0 Å². The van der Waals surface area contributed by atoms with Crippen molar-refractivity contribution in [3.63, 3.8) is 0 Å². The molecule has 0 radical (unpaired) electrons. The summed E-state index contributed by atoms with van der Waals surface area (Å²) in [5, 5.41) is 11.1. The number of aliphatic hydroxyl groups is 1. The molecule has 0 amide bonds. The van der Waals surface area contributed by atoms with Crippen molar-refractivity contribution in [1.29, 1.82) is 0 Å². The summed E-state index contributed by atoms with van der Waals surface area (Å²) >= 11 is 3.26. The van der Waals surface area contributed by atoms with Gasteiger partial charge in [0.2, 0.25) is 0 Å². The Hall–Kier alpha value is -1.73. The van der Waals surface area contributed by atoms with Crippen molar-refractivity contribution in [3.8, 4) is 0 Å². The summed E-state index contributed by atoms with van der Waals surface area (Å²) < 4.78 is 24.1. The van der Waals surface area contributed by atoms with Crippen LogP contribution >= 0.6 is 15.9 Å². The lowest BCUT2D eigenvalue weighted by Gasteiger charge is -2.34. The highest BCUT2D eigenvalue weighted by Crippen LogP contribution is 2.37. The number of ether oxygens (including phenoxy) is 2. The molecule has 25 heavy (non-hydrogen) atoms. The number of alkyl halides is 1. The molecule has 0 unspecified atom stereocenters. The summed E-state index contributed by atoms with van der Waals surface area (Å²) in [6.45, 7) is 4.81. The minimum absolute atomic E-state index is 0.0208. The van der Waals surface area contributed by atoms with Gasteiger partial charge in [-0.1, -0.05) is 34.1 Å². The van der Waals surface area contributed by atoms with Crippen molar-refractivity contribution in [1.82, 2.24) is 0 Å². The number of hydrogen-bond donors (Lipinski definition) is 1. The number of hydrogen-bond acceptors (Lipinski definition) is 5. The van der Waals surface area contributed by atoms with Gasteiger partial charge in [-0.3, -0.25) is 4.79 Å². The van der Waals surface area contributed by atoms with E-state index in [1.165, 1.54) is 12.1 Å². The second-order valence-corrected chi connectivity index (χ2v) is 7.32. The van der Waals surface area contributed by atoms with Gasteiger partial charge >= 0.3 is 11.9 Å². The minimum Gasteiger partial charge on any atom is -0.461 e. The number of rotatable bonds is 6. The lowest BCUT2D eigenvalue weighted by Crippen LogP contribution is -2.56. The third-order valence-electron chi connectivity index (χ3n) is 3.90. The second kappa shape index (κ2) is 7.66. The van der Waals surface area contributed by atoms with Crippen molar-refractivity contribution in [2.75, 3.05) is 0 Å². The zero-order valence-corrected chi connectivity index (χ0v) is 15.7. The Kier molecular flexibility index (Phi) is 6.00. The maximum atomic E-state index is 13.9. The van der Waals surface area contributed by atoms with E-state index in [9.17, 15) is 19.1 Å². The van der Waals surface area contributed by atoms with Gasteiger partial charge in [0.05, 0.1) is 10.9 Å². The highest BCUT2D eigenvalue weighted by molar-refractivity contribution is 9.09. The zero-order valence-electron chi connectivity index (χ0n) is 14.2. The van der Waals surface area contributed by atoms with E-state index < -0.39 is 40.2 Å². The fourth-order valence-electron chi connectivity index (χ4n) is 2.64. The van der Waals surface area contributed by atoms with Crippen LogP contribution in [0, 0.1) is 11.7 Å². The van der Waals surface area contributed by atoms with E-state index in [4.69, 9.17) is 9.47 Å². The summed E-state index contributed by atoms with van der Waals surface area (Å²) in [4.78, 5) is 23.7. The van der Waals surface area contributed by atoms with Gasteiger partial charge in [0.25, 0.3) is 0 Å². The normalized spacial score (nSPS) is 20.7. The molecular weight excluding hydrogens is 395 g/mol. The summed E-state index contributed by atoms with van der Waals surface area (Å²) in [5.74, 6) is -3.13. The van der Waals surface area contributed by atoms with E-state index in [1.54, 1.807) is 39.0 Å². The van der Waals surface area contributed by atoms with Crippen molar-refractivity contribution in [2.24, 2.45) is 5.92 Å². The van der Waals surface area contributed by atoms with Crippen LogP contribution in [0.4, 0.5) is 4.39 Å². The lowest BCUT2D eigenvalue weighted by atomic mass is 9.82. The largest absolute Gasteiger partial charge is 0.461 e. The van der Waals surface area contributed by atoms with Crippen molar-refractivity contribution < 1.29 is 28.6 Å². The van der Waals surface area contributed by atoms with E-state index in [2.05, 4.69) is 15.9 Å². The molecule has 1 aliphatic heterocycles. The van der Waals surface area contributed by atoms with Crippen LogP contribution in [-0.2, 0) is 25.5 Å². The first-order valence-corrected chi connectivity index (χ1v) is 8.78. The van der Waals surface area contributed by atoms with Crippen LogP contribution < -0.4 is 0 Å². The summed E-state index contributed by atoms with van der Waals surface area (Å²) in [6.07, 6.45) is 0.863. The number of benzene rings is 1. The standard InChI is InChI=1S/C18H20BrFO5/c1-10(2)24-17(22)18(23,13-8-11(3)25-16(13)21)15(19)9-12-6-4-5-7-14(12)20/h4-8,10,13,15,23H,9H2,1-3H3/t13-,15-,18+/m0/s1. The number of allylic oxidation sites excluding steroid dienone is 1. The Balaban J connectivity index is 2.38. The molecule has 136 valence electrons. The monoisotopic (exact) mass is 414 g/mol. The number of halogens is 2. The summed E-state index contributed by atoms with van der Waals surface area (Å²) in [5.41, 5.74) is -1.94. The van der Waals surface area contributed by atoms with E-state index in [0.29, 0.717) is 5.56 Å². The van der Waals surface area contributed by atoms with Crippen LogP contribution in [0.5, 0.6) is 0 Å². The van der Waals surface area contributed by atoms with E-state index in [1.807, 2.05) is 0 Å². The topological polar surface area (TPSA) is 72.8 Å². The van der Waals surface area contributed by atoms with Gasteiger partial charge in [-0.25, -0.2) is 9.18 Å². The van der Waals surface area contributed by atoms with Gasteiger partial charge in [-0.15, -0.1) is 0 Å². The fraction of sp³-hybridized carbons (Fsp3) is 0.444. The van der Waals surface area contributed by atoms with Crippen LogP contribution in [0.25, 0.3) is 0 Å². The Labute approximate surface area is 153 Å². The number of carbonyl (C=O) groups excluding carboxylic acids is 2. The van der Waals surface area contributed by atoms with Crippen LogP contribution in [0.3, 0.4) is 0 Å². The zero-order chi connectivity index (χ0) is 18.8. The molecule has 0 saturated heterocycles. The predicted molar refractivity (Wildman–Crippen MR) is 92.3 cm³/mol. The Morgan fingerprint density at radius 1 is 1.44 bits per heavy atom. The molecule has 1 aliphatic rings. The van der Waals surface area contributed by atoms with Crippen LogP contribution in [0.1, 0.15) is 26.3 Å². The lowest BCUT2D eigenvalue weighted by molar-refractivity contribution is -0.178. The van der Waals surface area contributed by atoms with Crippen molar-refractivity contribution in [2.45, 2.75) is 43.7 Å². The highest BCUT2D eigenvalue weighted by Gasteiger charge is 2.55. The molecule has 0 aromatic heterocycles. The van der Waals surface area contributed by atoms with E-state index in [0.717, 1.165) is 0 Å². The van der Waals surface area contributed by atoms with Gasteiger partial charge in [0.15, 0.2) is 5.60 Å². The second-order valence-electron chi connectivity index (χ2n) is 6.22. The Morgan fingerprint density at radius 2 is 2.08 bits per heavy atom. The molecule has 5 nitrogen and oxygen atoms in total. The minimum atomic E-state index is -2.23. The average Bonchev–Trinajstić information content (AvgIpc) is 2.86. The molecule has 0 fully saturated rings. The molecule has 0 saturated carbocycles. The first-order chi connectivity index (χ1) is 11.7. The maximum absolute atomic E-state index is 13.9. The van der Waals surface area contributed by atoms with Crippen LogP contribution in [-0.4, -0.2) is 33.6 Å². The Bertz CT molecular complexity index is 702. The van der Waals surface area contributed by atoms with E-state index in [-0.39, 0.29) is 12.2 Å². The molecule has 1 aromatic rings. The number of carbonyl (C=O) groups is 2. The molecule has 1 N–H and O–H groups in total. The van der Waals surface area contributed by atoms with Gasteiger partial charge in [0.1, 0.15) is 17.5 Å². The first-order valence-electron chi connectivity index (χ1n) is 7.87. The average molecular weight is 415 g/mol. The van der Waals surface area contributed by atoms with Crippen molar-refractivity contribution >= 4 is 27.9 Å². The molecule has 0 bridgehead atoms. The number of cyclic esters (lactones) is 1. The maximum Gasteiger partial charge on any atom is 0.340 e. The number of esters is 2. The van der Waals surface area contributed by atoms with Gasteiger partial charge in [-0.05, 0) is 44.9 Å². The molecule has 3 atom stereocenters. The fourth-order valence-corrected chi connectivity index (χ4v) is 3.46. The van der Waals surface area contributed by atoms with Gasteiger partial charge in [0, 0.05) is 0 Å². The van der Waals surface area contributed by atoms with Crippen LogP contribution in [0.15, 0.2) is 36.1 Å². The molecular formula is C18H20BrFO5. The van der Waals surface area contributed by atoms with Gasteiger partial charge < -0.3 is 14.6 Å². The smallest absolute Gasteiger partial charge is 0.340 e. The van der Waals surface area contributed by atoms with E-state index >= 15 is 0 Å². The summed E-state index contributed by atoms with van der Waals surface area (Å²) in [6, 6.07) is 6.03. The molecule has 1 heterocycles. The third-order valence-corrected chi connectivity index (χ3v) is 4.92. The SMILES string of the molecule is CC1=C[C@H]([C@](O)(C(=O)OC(C)C)[C@@H](Br)Cc2ccccc2F)C(=O)O1. The third kappa shape index (κ3) is 4.10. The quantitative estimate of drug-likeness (QED) is 0.572. The molecule has 1 aromatic carbocycles. The molecule has 2 rings (SSSR count). The highest BCUT2D eigenvalue weighted by atomic mass is 79.9. The molecule has 0 spiro atoms. The molecule has 0 aliphatic carbocycles. The molecule has 7 heteroatoms. The van der Waals surface area contributed by atoms with Crippen molar-refractivity contribution in [3.05, 3.63) is 47.5 Å². The van der Waals surface area contributed by atoms with Crippen LogP contribution in [0.2, 0.25) is 0 Å². The first kappa shape index (κ1) is 19.6.